The van der Waals surface area contributed by atoms with Gasteiger partial charge in [0.2, 0.25) is 11.8 Å². The first kappa shape index (κ1) is 15.0. The van der Waals surface area contributed by atoms with Crippen molar-refractivity contribution >= 4 is 23.2 Å². The molecule has 1 aliphatic rings. The normalized spacial score (nSPS) is 25.2. The first-order chi connectivity index (χ1) is 9.52. The lowest BCUT2D eigenvalue weighted by Crippen LogP contribution is -2.49. The third kappa shape index (κ3) is 3.20. The third-order valence-corrected chi connectivity index (χ3v) is 4.76. The SMILES string of the molecule is CCC(C)C1NC(=O)CC(C)N(Cc2ccsc2)C1=O. The largest absolute Gasteiger partial charge is 0.344 e. The Morgan fingerprint density at radius 2 is 2.25 bits per heavy atom. The second-order valence-corrected chi connectivity index (χ2v) is 6.36. The summed E-state index contributed by atoms with van der Waals surface area (Å²) in [5.41, 5.74) is 1.13. The lowest BCUT2D eigenvalue weighted by Gasteiger charge is -2.30. The van der Waals surface area contributed by atoms with Crippen LogP contribution in [0.3, 0.4) is 0 Å². The highest BCUT2D eigenvalue weighted by atomic mass is 32.1. The number of amides is 2. The molecule has 2 rings (SSSR count). The van der Waals surface area contributed by atoms with Crippen molar-refractivity contribution in [2.45, 2.75) is 52.2 Å². The minimum absolute atomic E-state index is 0.0241. The zero-order valence-electron chi connectivity index (χ0n) is 12.3. The maximum Gasteiger partial charge on any atom is 0.245 e. The van der Waals surface area contributed by atoms with Gasteiger partial charge in [0.15, 0.2) is 0 Å². The van der Waals surface area contributed by atoms with Gasteiger partial charge in [-0.2, -0.15) is 11.3 Å². The van der Waals surface area contributed by atoms with Crippen LogP contribution in [0.2, 0.25) is 0 Å². The van der Waals surface area contributed by atoms with Gasteiger partial charge in [0.1, 0.15) is 6.04 Å². The van der Waals surface area contributed by atoms with Crippen molar-refractivity contribution in [3.05, 3.63) is 22.4 Å². The van der Waals surface area contributed by atoms with Gasteiger partial charge < -0.3 is 10.2 Å². The summed E-state index contributed by atoms with van der Waals surface area (Å²) < 4.78 is 0. The van der Waals surface area contributed by atoms with E-state index in [-0.39, 0.29) is 23.8 Å². The van der Waals surface area contributed by atoms with Gasteiger partial charge in [-0.25, -0.2) is 0 Å². The highest BCUT2D eigenvalue weighted by molar-refractivity contribution is 7.07. The molecule has 0 bridgehead atoms. The standard InChI is InChI=1S/C15H22N2O2S/c1-4-10(2)14-15(19)17(8-12-5-6-20-9-12)11(3)7-13(18)16-14/h5-6,9-11,14H,4,7-8H2,1-3H3,(H,16,18). The summed E-state index contributed by atoms with van der Waals surface area (Å²) in [5, 5.41) is 6.96. The Hall–Kier alpha value is -1.36. The maximum absolute atomic E-state index is 12.7. The molecule has 3 atom stereocenters. The highest BCUT2D eigenvalue weighted by Crippen LogP contribution is 2.21. The molecular formula is C15H22N2O2S. The molecule has 20 heavy (non-hydrogen) atoms. The van der Waals surface area contributed by atoms with Crippen molar-refractivity contribution < 1.29 is 9.59 Å². The number of nitrogens with one attached hydrogen (secondary N) is 1. The number of carbonyl (C=O) groups excluding carboxylic acids is 2. The molecule has 1 aromatic heterocycles. The average Bonchev–Trinajstić information content (AvgIpc) is 2.89. The minimum atomic E-state index is -0.393. The van der Waals surface area contributed by atoms with Crippen LogP contribution in [-0.2, 0) is 16.1 Å². The number of thiophene rings is 1. The smallest absolute Gasteiger partial charge is 0.245 e. The van der Waals surface area contributed by atoms with E-state index < -0.39 is 6.04 Å². The zero-order chi connectivity index (χ0) is 14.7. The van der Waals surface area contributed by atoms with Crippen molar-refractivity contribution in [1.29, 1.82) is 0 Å². The number of nitrogens with zero attached hydrogens (tertiary/aromatic N) is 1. The fourth-order valence-corrected chi connectivity index (χ4v) is 3.16. The van der Waals surface area contributed by atoms with Gasteiger partial charge in [-0.05, 0) is 35.2 Å². The van der Waals surface area contributed by atoms with Crippen LogP contribution in [0.5, 0.6) is 0 Å². The Morgan fingerprint density at radius 3 is 2.85 bits per heavy atom. The van der Waals surface area contributed by atoms with Crippen LogP contribution in [0.15, 0.2) is 16.8 Å². The van der Waals surface area contributed by atoms with Gasteiger partial charge in [-0.15, -0.1) is 0 Å². The molecular weight excluding hydrogens is 272 g/mol. The van der Waals surface area contributed by atoms with E-state index in [1.54, 1.807) is 11.3 Å². The van der Waals surface area contributed by atoms with E-state index in [0.29, 0.717) is 13.0 Å². The molecule has 1 aromatic rings. The van der Waals surface area contributed by atoms with Gasteiger partial charge >= 0.3 is 0 Å². The number of hydrogen-bond acceptors (Lipinski definition) is 3. The van der Waals surface area contributed by atoms with E-state index in [1.165, 1.54) is 0 Å². The molecule has 0 aliphatic carbocycles. The number of carbonyl (C=O) groups is 2. The van der Waals surface area contributed by atoms with Gasteiger partial charge in [-0.1, -0.05) is 20.3 Å². The van der Waals surface area contributed by atoms with Crippen molar-refractivity contribution in [3.63, 3.8) is 0 Å². The van der Waals surface area contributed by atoms with E-state index in [9.17, 15) is 9.59 Å². The monoisotopic (exact) mass is 294 g/mol. The van der Waals surface area contributed by atoms with E-state index in [2.05, 4.69) is 10.7 Å². The molecule has 2 amide bonds. The topological polar surface area (TPSA) is 49.4 Å². The second-order valence-electron chi connectivity index (χ2n) is 5.58. The van der Waals surface area contributed by atoms with Crippen molar-refractivity contribution in [1.82, 2.24) is 10.2 Å². The van der Waals surface area contributed by atoms with E-state index in [0.717, 1.165) is 12.0 Å². The van der Waals surface area contributed by atoms with E-state index in [4.69, 9.17) is 0 Å². The molecule has 4 nitrogen and oxygen atoms in total. The molecule has 1 N–H and O–H groups in total. The molecule has 0 radical (unpaired) electrons. The van der Waals surface area contributed by atoms with Gasteiger partial charge in [0.05, 0.1) is 0 Å². The van der Waals surface area contributed by atoms with Crippen molar-refractivity contribution in [2.75, 3.05) is 0 Å². The minimum Gasteiger partial charge on any atom is -0.344 e. The van der Waals surface area contributed by atoms with Crippen molar-refractivity contribution in [3.8, 4) is 0 Å². The zero-order valence-corrected chi connectivity index (χ0v) is 13.1. The maximum atomic E-state index is 12.7. The summed E-state index contributed by atoms with van der Waals surface area (Å²) in [4.78, 5) is 26.5. The highest BCUT2D eigenvalue weighted by Gasteiger charge is 2.36. The van der Waals surface area contributed by atoms with Crippen LogP contribution >= 0.6 is 11.3 Å². The quantitative estimate of drug-likeness (QED) is 0.927. The Morgan fingerprint density at radius 1 is 1.50 bits per heavy atom. The average molecular weight is 294 g/mol. The Labute approximate surface area is 124 Å². The van der Waals surface area contributed by atoms with Crippen molar-refractivity contribution in [2.24, 2.45) is 5.92 Å². The predicted molar refractivity (Wildman–Crippen MR) is 80.3 cm³/mol. The van der Waals surface area contributed by atoms with Crippen LogP contribution < -0.4 is 5.32 Å². The van der Waals surface area contributed by atoms with E-state index in [1.807, 2.05) is 37.1 Å². The predicted octanol–water partition coefficient (Wildman–Crippen LogP) is 2.40. The fraction of sp³-hybridized carbons (Fsp3) is 0.600. The lowest BCUT2D eigenvalue weighted by molar-refractivity contribution is -0.136. The van der Waals surface area contributed by atoms with Gasteiger partial charge in [0.25, 0.3) is 0 Å². The first-order valence-electron chi connectivity index (χ1n) is 7.13. The molecule has 2 heterocycles. The Balaban J connectivity index is 2.22. The second kappa shape index (κ2) is 6.39. The third-order valence-electron chi connectivity index (χ3n) is 4.02. The Bertz CT molecular complexity index is 472. The lowest BCUT2D eigenvalue weighted by atomic mass is 9.98. The first-order valence-corrected chi connectivity index (χ1v) is 8.08. The van der Waals surface area contributed by atoms with Crippen LogP contribution in [0, 0.1) is 5.92 Å². The molecule has 0 aromatic carbocycles. The molecule has 3 unspecified atom stereocenters. The summed E-state index contributed by atoms with van der Waals surface area (Å²) >= 11 is 1.63. The van der Waals surface area contributed by atoms with Crippen LogP contribution in [0.4, 0.5) is 0 Å². The molecule has 0 spiro atoms. The molecule has 1 saturated heterocycles. The molecule has 5 heteroatoms. The van der Waals surface area contributed by atoms with E-state index >= 15 is 0 Å². The molecule has 1 fully saturated rings. The number of hydrogen-bond donors (Lipinski definition) is 1. The fourth-order valence-electron chi connectivity index (χ4n) is 2.50. The molecule has 1 aliphatic heterocycles. The summed E-state index contributed by atoms with van der Waals surface area (Å²) in [5.74, 6) is 0.176. The van der Waals surface area contributed by atoms with Crippen LogP contribution in [0.1, 0.15) is 39.2 Å². The number of rotatable bonds is 4. The van der Waals surface area contributed by atoms with Crippen LogP contribution in [0.25, 0.3) is 0 Å². The van der Waals surface area contributed by atoms with Gasteiger partial charge in [-0.3, -0.25) is 9.59 Å². The molecule has 110 valence electrons. The summed E-state index contributed by atoms with van der Waals surface area (Å²) in [7, 11) is 0. The molecule has 0 saturated carbocycles. The summed E-state index contributed by atoms with van der Waals surface area (Å²) in [6.45, 7) is 6.59. The summed E-state index contributed by atoms with van der Waals surface area (Å²) in [6.07, 6.45) is 1.25. The Kier molecular flexibility index (Phi) is 4.81. The van der Waals surface area contributed by atoms with Gasteiger partial charge in [0, 0.05) is 19.0 Å². The summed E-state index contributed by atoms with van der Waals surface area (Å²) in [6, 6.07) is 1.58. The van der Waals surface area contributed by atoms with Crippen LogP contribution in [-0.4, -0.2) is 28.8 Å².